The van der Waals surface area contributed by atoms with Gasteiger partial charge in [-0.15, -0.1) is 0 Å². The van der Waals surface area contributed by atoms with Crippen LogP contribution in [0.4, 0.5) is 0 Å². The normalized spacial score (nSPS) is 27.4. The third-order valence-corrected chi connectivity index (χ3v) is 3.91. The number of aliphatic hydroxyl groups excluding tert-OH is 2. The fourth-order valence-electron chi connectivity index (χ4n) is 2.73. The van der Waals surface area contributed by atoms with E-state index in [2.05, 4.69) is 19.2 Å². The highest BCUT2D eigenvalue weighted by molar-refractivity contribution is 4.91. The molecule has 0 aromatic carbocycles. The maximum absolute atomic E-state index is 9.32. The van der Waals surface area contributed by atoms with Gasteiger partial charge < -0.3 is 15.5 Å². The molecule has 0 aliphatic heterocycles. The predicted octanol–water partition coefficient (Wildman–Crippen LogP) is 1.53. The van der Waals surface area contributed by atoms with Crippen LogP contribution in [0.1, 0.15) is 46.5 Å². The van der Waals surface area contributed by atoms with Gasteiger partial charge in [-0.25, -0.2) is 0 Å². The topological polar surface area (TPSA) is 52.5 Å². The SMILES string of the molecule is CC(C)C1CCCCC1NC(C)(CO)CO. The van der Waals surface area contributed by atoms with Gasteiger partial charge >= 0.3 is 0 Å². The van der Waals surface area contributed by atoms with E-state index < -0.39 is 5.54 Å². The molecule has 2 unspecified atom stereocenters. The second-order valence-corrected chi connectivity index (χ2v) is 5.82. The van der Waals surface area contributed by atoms with Crippen LogP contribution in [0.3, 0.4) is 0 Å². The lowest BCUT2D eigenvalue weighted by Gasteiger charge is -2.40. The summed E-state index contributed by atoms with van der Waals surface area (Å²) in [5, 5.41) is 22.1. The molecular weight excluding hydrogens is 202 g/mol. The molecule has 0 heterocycles. The van der Waals surface area contributed by atoms with Gasteiger partial charge in [-0.05, 0) is 31.6 Å². The summed E-state index contributed by atoms with van der Waals surface area (Å²) in [7, 11) is 0. The Morgan fingerprint density at radius 3 is 2.25 bits per heavy atom. The molecule has 1 saturated carbocycles. The van der Waals surface area contributed by atoms with E-state index in [9.17, 15) is 10.2 Å². The second-order valence-electron chi connectivity index (χ2n) is 5.82. The first-order valence-corrected chi connectivity index (χ1v) is 6.52. The number of hydrogen-bond donors (Lipinski definition) is 3. The second kappa shape index (κ2) is 5.99. The molecule has 2 atom stereocenters. The third kappa shape index (κ3) is 3.44. The van der Waals surface area contributed by atoms with Crippen molar-refractivity contribution in [3.05, 3.63) is 0 Å². The molecule has 0 saturated heterocycles. The first kappa shape index (κ1) is 13.9. The highest BCUT2D eigenvalue weighted by atomic mass is 16.3. The fourth-order valence-corrected chi connectivity index (χ4v) is 2.73. The Morgan fingerprint density at radius 1 is 1.19 bits per heavy atom. The minimum Gasteiger partial charge on any atom is -0.394 e. The molecule has 0 bridgehead atoms. The third-order valence-electron chi connectivity index (χ3n) is 3.91. The molecule has 0 spiro atoms. The largest absolute Gasteiger partial charge is 0.394 e. The van der Waals surface area contributed by atoms with Crippen LogP contribution in [0.25, 0.3) is 0 Å². The monoisotopic (exact) mass is 229 g/mol. The summed E-state index contributed by atoms with van der Waals surface area (Å²) in [6.45, 7) is 6.40. The quantitative estimate of drug-likeness (QED) is 0.670. The van der Waals surface area contributed by atoms with Crippen LogP contribution >= 0.6 is 0 Å². The summed E-state index contributed by atoms with van der Waals surface area (Å²) in [5.74, 6) is 1.34. The molecule has 1 rings (SSSR count). The standard InChI is InChI=1S/C13H27NO2/c1-10(2)11-6-4-5-7-12(11)14-13(3,8-15)9-16/h10-12,14-16H,4-9H2,1-3H3. The van der Waals surface area contributed by atoms with Gasteiger partial charge in [0.1, 0.15) is 0 Å². The molecule has 0 amide bonds. The van der Waals surface area contributed by atoms with Crippen molar-refractivity contribution in [2.24, 2.45) is 11.8 Å². The molecule has 0 aromatic rings. The van der Waals surface area contributed by atoms with Crippen LogP contribution in [0, 0.1) is 11.8 Å². The number of hydrogen-bond acceptors (Lipinski definition) is 3. The van der Waals surface area contributed by atoms with E-state index in [1.54, 1.807) is 0 Å². The zero-order valence-corrected chi connectivity index (χ0v) is 10.9. The Hall–Kier alpha value is -0.120. The summed E-state index contributed by atoms with van der Waals surface area (Å²) < 4.78 is 0. The van der Waals surface area contributed by atoms with Crippen LogP contribution in [-0.4, -0.2) is 35.0 Å². The highest BCUT2D eigenvalue weighted by Gasteiger charge is 2.33. The van der Waals surface area contributed by atoms with Crippen LogP contribution in [0.15, 0.2) is 0 Å². The zero-order chi connectivity index (χ0) is 12.2. The van der Waals surface area contributed by atoms with Gasteiger partial charge in [0.05, 0.1) is 18.8 Å². The van der Waals surface area contributed by atoms with Crippen molar-refractivity contribution in [1.29, 1.82) is 0 Å². The Morgan fingerprint density at radius 2 is 1.75 bits per heavy atom. The van der Waals surface area contributed by atoms with Crippen LogP contribution in [0.2, 0.25) is 0 Å². The van der Waals surface area contributed by atoms with Crippen molar-refractivity contribution in [1.82, 2.24) is 5.32 Å². The van der Waals surface area contributed by atoms with E-state index in [4.69, 9.17) is 0 Å². The minimum absolute atomic E-state index is 0.00911. The maximum atomic E-state index is 9.32. The van der Waals surface area contributed by atoms with Crippen molar-refractivity contribution in [2.75, 3.05) is 13.2 Å². The van der Waals surface area contributed by atoms with Gasteiger partial charge in [-0.3, -0.25) is 0 Å². The molecule has 1 aliphatic rings. The lowest BCUT2D eigenvalue weighted by Crippen LogP contribution is -2.56. The number of nitrogens with one attached hydrogen (secondary N) is 1. The van der Waals surface area contributed by atoms with E-state index in [-0.39, 0.29) is 13.2 Å². The summed E-state index contributed by atoms with van der Waals surface area (Å²) in [5.41, 5.74) is -0.533. The van der Waals surface area contributed by atoms with Gasteiger partial charge in [0.2, 0.25) is 0 Å². The molecule has 3 heteroatoms. The first-order valence-electron chi connectivity index (χ1n) is 6.52. The summed E-state index contributed by atoms with van der Waals surface area (Å²) >= 11 is 0. The Bertz CT molecular complexity index is 202. The van der Waals surface area contributed by atoms with Gasteiger partial charge in [-0.2, -0.15) is 0 Å². The van der Waals surface area contributed by atoms with Gasteiger partial charge in [0.15, 0.2) is 0 Å². The average Bonchev–Trinajstić information content (AvgIpc) is 2.29. The molecular formula is C13H27NO2. The zero-order valence-electron chi connectivity index (χ0n) is 10.9. The Kier molecular flexibility index (Phi) is 5.22. The molecule has 0 radical (unpaired) electrons. The van der Waals surface area contributed by atoms with Crippen molar-refractivity contribution in [2.45, 2.75) is 58.0 Å². The average molecular weight is 229 g/mol. The van der Waals surface area contributed by atoms with Gasteiger partial charge in [-0.1, -0.05) is 26.7 Å². The van der Waals surface area contributed by atoms with Crippen LogP contribution in [0.5, 0.6) is 0 Å². The fraction of sp³-hybridized carbons (Fsp3) is 1.00. The smallest absolute Gasteiger partial charge is 0.0633 e. The molecule has 3 nitrogen and oxygen atoms in total. The molecule has 0 aromatic heterocycles. The summed E-state index contributed by atoms with van der Waals surface area (Å²) in [6.07, 6.45) is 5.00. The van der Waals surface area contributed by atoms with Crippen LogP contribution in [-0.2, 0) is 0 Å². The highest BCUT2D eigenvalue weighted by Crippen LogP contribution is 2.31. The van der Waals surface area contributed by atoms with E-state index >= 15 is 0 Å². The minimum atomic E-state index is -0.533. The predicted molar refractivity (Wildman–Crippen MR) is 66.3 cm³/mol. The van der Waals surface area contributed by atoms with Crippen molar-refractivity contribution < 1.29 is 10.2 Å². The Balaban J connectivity index is 2.61. The van der Waals surface area contributed by atoms with E-state index in [0.717, 1.165) is 0 Å². The van der Waals surface area contributed by atoms with Gasteiger partial charge in [0, 0.05) is 6.04 Å². The molecule has 1 aliphatic carbocycles. The number of aliphatic hydroxyl groups is 2. The lowest BCUT2D eigenvalue weighted by molar-refractivity contribution is 0.0695. The molecule has 16 heavy (non-hydrogen) atoms. The molecule has 1 fully saturated rings. The van der Waals surface area contributed by atoms with E-state index in [1.807, 2.05) is 6.92 Å². The van der Waals surface area contributed by atoms with Crippen molar-refractivity contribution >= 4 is 0 Å². The van der Waals surface area contributed by atoms with Crippen LogP contribution < -0.4 is 5.32 Å². The summed E-state index contributed by atoms with van der Waals surface area (Å²) in [4.78, 5) is 0. The van der Waals surface area contributed by atoms with Gasteiger partial charge in [0.25, 0.3) is 0 Å². The number of rotatable bonds is 5. The van der Waals surface area contributed by atoms with Crippen molar-refractivity contribution in [3.63, 3.8) is 0 Å². The van der Waals surface area contributed by atoms with E-state index in [1.165, 1.54) is 25.7 Å². The lowest BCUT2D eigenvalue weighted by atomic mass is 9.77. The molecule has 3 N–H and O–H groups in total. The molecule has 96 valence electrons. The van der Waals surface area contributed by atoms with E-state index in [0.29, 0.717) is 17.9 Å². The Labute approximate surface area is 99.3 Å². The van der Waals surface area contributed by atoms with Crippen molar-refractivity contribution in [3.8, 4) is 0 Å². The first-order chi connectivity index (χ1) is 7.52. The maximum Gasteiger partial charge on any atom is 0.0633 e. The summed E-state index contributed by atoms with van der Waals surface area (Å²) in [6, 6.07) is 0.443.